The van der Waals surface area contributed by atoms with E-state index in [2.05, 4.69) is 37.3 Å². The second kappa shape index (κ2) is 9.14. The van der Waals surface area contributed by atoms with Gasteiger partial charge >= 0.3 is 0 Å². The van der Waals surface area contributed by atoms with Crippen molar-refractivity contribution >= 4 is 22.3 Å². The summed E-state index contributed by atoms with van der Waals surface area (Å²) >= 11 is 0. The molecule has 0 bridgehead atoms. The Balaban J connectivity index is 1.33. The molecule has 7 heteroatoms. The van der Waals surface area contributed by atoms with Crippen LogP contribution in [-0.2, 0) is 17.7 Å². The molecule has 166 valence electrons. The number of aromatic hydroxyl groups is 1. The molecule has 32 heavy (non-hydrogen) atoms. The highest BCUT2D eigenvalue weighted by Gasteiger charge is 2.26. The Morgan fingerprint density at radius 1 is 1.03 bits per heavy atom. The van der Waals surface area contributed by atoms with Crippen LogP contribution in [0.3, 0.4) is 0 Å². The number of anilines is 2. The van der Waals surface area contributed by atoms with Crippen LogP contribution in [0.4, 0.5) is 11.5 Å². The lowest BCUT2D eigenvalue weighted by Crippen LogP contribution is -2.48. The Labute approximate surface area is 188 Å². The standard InChI is InChI=1S/C25H29N5O2/c1-2-13-32-18-28-9-11-29(12-10-28)25-22-7-8-30(16-23(22)26-17-27-25)24-15-20(31)14-19-5-3-4-6-21(19)24/h2-6,14-15,17,31H,1,7-13,16,18H2. The van der Waals surface area contributed by atoms with E-state index in [1.165, 1.54) is 5.56 Å². The number of benzene rings is 2. The van der Waals surface area contributed by atoms with Gasteiger partial charge in [-0.2, -0.15) is 0 Å². The number of hydrogen-bond donors (Lipinski definition) is 1. The van der Waals surface area contributed by atoms with Gasteiger partial charge in [0.1, 0.15) is 17.9 Å². The molecule has 0 unspecified atom stereocenters. The van der Waals surface area contributed by atoms with Crippen molar-refractivity contribution in [1.29, 1.82) is 0 Å². The molecule has 1 saturated heterocycles. The molecule has 0 spiro atoms. The summed E-state index contributed by atoms with van der Waals surface area (Å²) in [5.41, 5.74) is 3.38. The topological polar surface area (TPSA) is 65.0 Å². The maximum absolute atomic E-state index is 10.3. The SMILES string of the molecule is C=CCOCN1CCN(c2ncnc3c2CCN(c2cc(O)cc4ccccc24)C3)CC1. The van der Waals surface area contributed by atoms with Gasteiger partial charge in [-0.25, -0.2) is 9.97 Å². The average molecular weight is 432 g/mol. The molecular weight excluding hydrogens is 402 g/mol. The molecule has 0 radical (unpaired) electrons. The first kappa shape index (κ1) is 20.7. The van der Waals surface area contributed by atoms with Crippen LogP contribution in [0.2, 0.25) is 0 Å². The van der Waals surface area contributed by atoms with Gasteiger partial charge < -0.3 is 19.6 Å². The number of rotatable bonds is 6. The van der Waals surface area contributed by atoms with Crippen molar-refractivity contribution in [3.8, 4) is 5.75 Å². The minimum Gasteiger partial charge on any atom is -0.508 e. The zero-order valence-corrected chi connectivity index (χ0v) is 18.3. The van der Waals surface area contributed by atoms with E-state index < -0.39 is 0 Å². The second-order valence-corrected chi connectivity index (χ2v) is 8.37. The van der Waals surface area contributed by atoms with Gasteiger partial charge in [0.25, 0.3) is 0 Å². The molecule has 3 aromatic rings. The number of phenols is 1. The average Bonchev–Trinajstić information content (AvgIpc) is 2.83. The second-order valence-electron chi connectivity index (χ2n) is 8.37. The van der Waals surface area contributed by atoms with E-state index in [1.54, 1.807) is 12.4 Å². The van der Waals surface area contributed by atoms with Crippen LogP contribution >= 0.6 is 0 Å². The van der Waals surface area contributed by atoms with Crippen molar-refractivity contribution in [2.24, 2.45) is 0 Å². The number of ether oxygens (including phenoxy) is 1. The Bertz CT molecular complexity index is 1110. The zero-order valence-electron chi connectivity index (χ0n) is 18.3. The molecule has 0 atom stereocenters. The number of piperazine rings is 1. The van der Waals surface area contributed by atoms with E-state index in [0.717, 1.165) is 67.1 Å². The number of nitrogens with zero attached hydrogens (tertiary/aromatic N) is 5. The predicted octanol–water partition coefficient (Wildman–Crippen LogP) is 3.18. The Morgan fingerprint density at radius 2 is 1.88 bits per heavy atom. The summed E-state index contributed by atoms with van der Waals surface area (Å²) in [5, 5.41) is 12.5. The number of phenolic OH excluding ortho intramolecular Hbond substituents is 1. The summed E-state index contributed by atoms with van der Waals surface area (Å²) in [4.78, 5) is 16.3. The van der Waals surface area contributed by atoms with Crippen molar-refractivity contribution < 1.29 is 9.84 Å². The summed E-state index contributed by atoms with van der Waals surface area (Å²) in [6.07, 6.45) is 4.36. The lowest BCUT2D eigenvalue weighted by atomic mass is 10.0. The van der Waals surface area contributed by atoms with Gasteiger partial charge in [0, 0.05) is 55.4 Å². The Hall–Kier alpha value is -3.16. The van der Waals surface area contributed by atoms with Crippen molar-refractivity contribution in [3.05, 3.63) is 66.6 Å². The third-order valence-corrected chi connectivity index (χ3v) is 6.33. The van der Waals surface area contributed by atoms with E-state index >= 15 is 0 Å². The van der Waals surface area contributed by atoms with Crippen LogP contribution in [0.15, 0.2) is 55.4 Å². The van der Waals surface area contributed by atoms with Gasteiger partial charge in [-0.15, -0.1) is 6.58 Å². The highest BCUT2D eigenvalue weighted by atomic mass is 16.5. The maximum atomic E-state index is 10.3. The smallest absolute Gasteiger partial charge is 0.135 e. The molecule has 0 saturated carbocycles. The number of fused-ring (bicyclic) bond motifs is 2. The summed E-state index contributed by atoms with van der Waals surface area (Å²) in [5.74, 6) is 1.37. The van der Waals surface area contributed by atoms with Crippen LogP contribution in [0.1, 0.15) is 11.3 Å². The number of aromatic nitrogens is 2. The lowest BCUT2D eigenvalue weighted by molar-refractivity contribution is 0.0405. The molecule has 2 aromatic carbocycles. The fourth-order valence-corrected chi connectivity index (χ4v) is 4.71. The van der Waals surface area contributed by atoms with Gasteiger partial charge in [-0.1, -0.05) is 30.3 Å². The minimum atomic E-state index is 0.294. The molecule has 1 N–H and O–H groups in total. The molecule has 3 heterocycles. The molecule has 0 aliphatic carbocycles. The number of hydrogen-bond acceptors (Lipinski definition) is 7. The predicted molar refractivity (Wildman–Crippen MR) is 127 cm³/mol. The third-order valence-electron chi connectivity index (χ3n) is 6.33. The first-order valence-corrected chi connectivity index (χ1v) is 11.2. The maximum Gasteiger partial charge on any atom is 0.135 e. The van der Waals surface area contributed by atoms with E-state index in [-0.39, 0.29) is 0 Å². The fourth-order valence-electron chi connectivity index (χ4n) is 4.71. The molecule has 2 aliphatic rings. The molecular formula is C25H29N5O2. The molecule has 1 fully saturated rings. The summed E-state index contributed by atoms with van der Waals surface area (Å²) < 4.78 is 5.59. The molecule has 1 aromatic heterocycles. The Kier molecular flexibility index (Phi) is 5.92. The fraction of sp³-hybridized carbons (Fsp3) is 0.360. The molecule has 7 nitrogen and oxygen atoms in total. The van der Waals surface area contributed by atoms with E-state index in [1.807, 2.05) is 30.3 Å². The van der Waals surface area contributed by atoms with Crippen molar-refractivity contribution in [3.63, 3.8) is 0 Å². The first-order chi connectivity index (χ1) is 15.7. The van der Waals surface area contributed by atoms with Crippen molar-refractivity contribution in [2.75, 3.05) is 55.9 Å². The van der Waals surface area contributed by atoms with E-state index in [0.29, 0.717) is 25.6 Å². The van der Waals surface area contributed by atoms with Crippen LogP contribution in [0, 0.1) is 0 Å². The lowest BCUT2D eigenvalue weighted by Gasteiger charge is -2.37. The molecule has 0 amide bonds. The Morgan fingerprint density at radius 3 is 2.72 bits per heavy atom. The zero-order chi connectivity index (χ0) is 21.9. The quantitative estimate of drug-likeness (QED) is 0.475. The van der Waals surface area contributed by atoms with Gasteiger partial charge in [-0.3, -0.25) is 4.90 Å². The third kappa shape index (κ3) is 4.13. The van der Waals surface area contributed by atoms with Gasteiger partial charge in [0.05, 0.1) is 25.6 Å². The minimum absolute atomic E-state index is 0.294. The monoisotopic (exact) mass is 431 g/mol. The molecule has 5 rings (SSSR count). The first-order valence-electron chi connectivity index (χ1n) is 11.2. The van der Waals surface area contributed by atoms with Crippen molar-refractivity contribution in [1.82, 2.24) is 14.9 Å². The summed E-state index contributed by atoms with van der Waals surface area (Å²) in [7, 11) is 0. The van der Waals surface area contributed by atoms with E-state index in [4.69, 9.17) is 4.74 Å². The van der Waals surface area contributed by atoms with Gasteiger partial charge in [0.2, 0.25) is 0 Å². The van der Waals surface area contributed by atoms with Crippen molar-refractivity contribution in [2.45, 2.75) is 13.0 Å². The van der Waals surface area contributed by atoms with E-state index in [9.17, 15) is 5.11 Å². The van der Waals surface area contributed by atoms with Crippen LogP contribution in [-0.4, -0.2) is 66.0 Å². The summed E-state index contributed by atoms with van der Waals surface area (Å²) in [6, 6.07) is 11.9. The summed E-state index contributed by atoms with van der Waals surface area (Å²) in [6.45, 7) is 10.3. The highest BCUT2D eigenvalue weighted by Crippen LogP contribution is 2.35. The van der Waals surface area contributed by atoms with Crippen LogP contribution in [0.5, 0.6) is 5.75 Å². The normalized spacial score (nSPS) is 16.9. The van der Waals surface area contributed by atoms with Crippen LogP contribution < -0.4 is 9.80 Å². The van der Waals surface area contributed by atoms with Crippen LogP contribution in [0.25, 0.3) is 10.8 Å². The molecule has 2 aliphatic heterocycles. The largest absolute Gasteiger partial charge is 0.508 e. The highest BCUT2D eigenvalue weighted by molar-refractivity contribution is 5.95. The van der Waals surface area contributed by atoms with Gasteiger partial charge in [-0.05, 0) is 17.9 Å². The van der Waals surface area contributed by atoms with Gasteiger partial charge in [0.15, 0.2) is 0 Å².